The first-order valence-electron chi connectivity index (χ1n) is 4.56. The quantitative estimate of drug-likeness (QED) is 0.576. The molecule has 0 nitrogen and oxygen atoms in total. The van der Waals surface area contributed by atoms with Crippen molar-refractivity contribution in [2.45, 2.75) is 53.9 Å². The van der Waals surface area contributed by atoms with Crippen LogP contribution in [0.25, 0.3) is 0 Å². The van der Waals surface area contributed by atoms with Gasteiger partial charge in [-0.1, -0.05) is 48.0 Å². The van der Waals surface area contributed by atoms with Crippen molar-refractivity contribution in [2.24, 2.45) is 10.8 Å². The second-order valence-electron chi connectivity index (χ2n) is 5.51. The van der Waals surface area contributed by atoms with Crippen molar-refractivity contribution in [1.82, 2.24) is 0 Å². The predicted octanol–water partition coefficient (Wildman–Crippen LogP) is 4.06. The fourth-order valence-corrected chi connectivity index (χ4v) is 2.00. The maximum Gasteiger partial charge on any atom is -0.0349 e. The van der Waals surface area contributed by atoms with Crippen LogP contribution >= 0.6 is 0 Å². The zero-order valence-electron chi connectivity index (χ0n) is 8.83. The lowest BCUT2D eigenvalue weighted by atomic mass is 9.74. The van der Waals surface area contributed by atoms with Gasteiger partial charge in [-0.05, 0) is 23.7 Å². The summed E-state index contributed by atoms with van der Waals surface area (Å²) in [4.78, 5) is 0. The maximum atomic E-state index is 3.90. The van der Waals surface area contributed by atoms with E-state index in [1.54, 1.807) is 0 Å². The van der Waals surface area contributed by atoms with Gasteiger partial charge in [0.15, 0.2) is 0 Å². The van der Waals surface area contributed by atoms with E-state index < -0.39 is 0 Å². The van der Waals surface area contributed by atoms with Crippen LogP contribution < -0.4 is 0 Å². The van der Waals surface area contributed by atoms with E-state index in [2.05, 4.69) is 41.5 Å². The zero-order chi connectivity index (χ0) is 9.12. The molecule has 0 aliphatic carbocycles. The molecule has 0 N–H and O–H groups in total. The van der Waals surface area contributed by atoms with E-state index in [1.807, 2.05) is 0 Å². The molecule has 0 aromatic rings. The molecule has 0 aliphatic rings. The molecule has 11 heavy (non-hydrogen) atoms. The van der Waals surface area contributed by atoms with E-state index in [4.69, 9.17) is 0 Å². The van der Waals surface area contributed by atoms with Crippen molar-refractivity contribution in [3.8, 4) is 0 Å². The maximum absolute atomic E-state index is 3.90. The summed E-state index contributed by atoms with van der Waals surface area (Å²) in [7, 11) is 0. The lowest BCUT2D eigenvalue weighted by molar-refractivity contribution is 0.200. The van der Waals surface area contributed by atoms with Gasteiger partial charge in [0.1, 0.15) is 0 Å². The molecule has 0 amide bonds. The minimum absolute atomic E-state index is 0.457. The molecular formula is C11H23. The Labute approximate surface area is 72.4 Å². The first-order valence-corrected chi connectivity index (χ1v) is 4.56. The summed E-state index contributed by atoms with van der Waals surface area (Å²) in [5.41, 5.74) is 0.929. The lowest BCUT2D eigenvalue weighted by Crippen LogP contribution is -2.20. The monoisotopic (exact) mass is 155 g/mol. The van der Waals surface area contributed by atoms with Crippen molar-refractivity contribution in [3.05, 3.63) is 6.92 Å². The standard InChI is InChI=1S/C11H23/c1-7-8-11(5,6)9-10(2,3)4/h1,7-9H2,2-6H3. The van der Waals surface area contributed by atoms with Crippen LogP contribution in [0.5, 0.6) is 0 Å². The topological polar surface area (TPSA) is 0 Å². The summed E-state index contributed by atoms with van der Waals surface area (Å²) in [6.45, 7) is 15.5. The van der Waals surface area contributed by atoms with E-state index in [-0.39, 0.29) is 0 Å². The molecule has 0 aliphatic heterocycles. The van der Waals surface area contributed by atoms with Crippen molar-refractivity contribution in [3.63, 3.8) is 0 Å². The molecule has 0 fully saturated rings. The largest absolute Gasteiger partial charge is 0.0602 e. The normalized spacial score (nSPS) is 13.6. The Hall–Kier alpha value is 0. The van der Waals surface area contributed by atoms with Gasteiger partial charge in [0.25, 0.3) is 0 Å². The molecule has 0 aromatic heterocycles. The molecular weight excluding hydrogens is 132 g/mol. The minimum Gasteiger partial charge on any atom is -0.0602 e. The number of hydrogen-bond donors (Lipinski definition) is 0. The molecule has 0 rings (SSSR count). The molecule has 0 bridgehead atoms. The Morgan fingerprint density at radius 1 is 1.00 bits per heavy atom. The van der Waals surface area contributed by atoms with Crippen LogP contribution in [-0.2, 0) is 0 Å². The average molecular weight is 155 g/mol. The van der Waals surface area contributed by atoms with Crippen LogP contribution in [0, 0.1) is 17.8 Å². The van der Waals surface area contributed by atoms with Gasteiger partial charge in [0, 0.05) is 0 Å². The van der Waals surface area contributed by atoms with Gasteiger partial charge in [-0.15, -0.1) is 0 Å². The van der Waals surface area contributed by atoms with Gasteiger partial charge < -0.3 is 0 Å². The Kier molecular flexibility index (Phi) is 3.60. The first kappa shape index (κ1) is 11.0. The number of hydrogen-bond acceptors (Lipinski definition) is 0. The van der Waals surface area contributed by atoms with Crippen molar-refractivity contribution >= 4 is 0 Å². The molecule has 0 heteroatoms. The fraction of sp³-hybridized carbons (Fsp3) is 0.909. The van der Waals surface area contributed by atoms with Crippen LogP contribution in [0.2, 0.25) is 0 Å². The highest BCUT2D eigenvalue weighted by Crippen LogP contribution is 2.36. The Balaban J connectivity index is 3.91. The van der Waals surface area contributed by atoms with Gasteiger partial charge in [-0.2, -0.15) is 0 Å². The lowest BCUT2D eigenvalue weighted by Gasteiger charge is -2.32. The predicted molar refractivity (Wildman–Crippen MR) is 52.4 cm³/mol. The summed E-state index contributed by atoms with van der Waals surface area (Å²) >= 11 is 0. The Morgan fingerprint density at radius 3 is 1.73 bits per heavy atom. The minimum atomic E-state index is 0.457. The highest BCUT2D eigenvalue weighted by molar-refractivity contribution is 4.76. The third-order valence-electron chi connectivity index (χ3n) is 1.86. The molecule has 0 atom stereocenters. The van der Waals surface area contributed by atoms with Gasteiger partial charge >= 0.3 is 0 Å². The van der Waals surface area contributed by atoms with Gasteiger partial charge in [-0.3, -0.25) is 0 Å². The molecule has 1 radical (unpaired) electrons. The molecule has 0 heterocycles. The number of rotatable bonds is 3. The third kappa shape index (κ3) is 6.40. The Morgan fingerprint density at radius 2 is 1.45 bits per heavy atom. The second kappa shape index (κ2) is 3.60. The molecule has 0 saturated heterocycles. The third-order valence-corrected chi connectivity index (χ3v) is 1.86. The average Bonchev–Trinajstić information content (AvgIpc) is 1.55. The zero-order valence-corrected chi connectivity index (χ0v) is 8.83. The van der Waals surface area contributed by atoms with Crippen molar-refractivity contribution < 1.29 is 0 Å². The van der Waals surface area contributed by atoms with Gasteiger partial charge in [0.05, 0.1) is 0 Å². The van der Waals surface area contributed by atoms with Crippen LogP contribution in [0.15, 0.2) is 0 Å². The molecule has 67 valence electrons. The van der Waals surface area contributed by atoms with Crippen molar-refractivity contribution in [2.75, 3.05) is 0 Å². The highest BCUT2D eigenvalue weighted by atomic mass is 14.3. The van der Waals surface area contributed by atoms with Gasteiger partial charge in [0.2, 0.25) is 0 Å². The molecule has 0 saturated carbocycles. The summed E-state index contributed by atoms with van der Waals surface area (Å²) in [5.74, 6) is 0. The molecule has 0 aromatic carbocycles. The van der Waals surface area contributed by atoms with E-state index in [0.29, 0.717) is 10.8 Å². The summed E-state index contributed by atoms with van der Waals surface area (Å²) in [5, 5.41) is 0. The fourth-order valence-electron chi connectivity index (χ4n) is 2.00. The van der Waals surface area contributed by atoms with E-state index in [1.165, 1.54) is 12.8 Å². The highest BCUT2D eigenvalue weighted by Gasteiger charge is 2.24. The van der Waals surface area contributed by atoms with Crippen LogP contribution in [0.4, 0.5) is 0 Å². The van der Waals surface area contributed by atoms with Gasteiger partial charge in [-0.25, -0.2) is 0 Å². The van der Waals surface area contributed by atoms with E-state index in [0.717, 1.165) is 6.42 Å². The second-order valence-corrected chi connectivity index (χ2v) is 5.51. The van der Waals surface area contributed by atoms with E-state index >= 15 is 0 Å². The first-order chi connectivity index (χ1) is 4.77. The van der Waals surface area contributed by atoms with E-state index in [9.17, 15) is 0 Å². The molecule has 0 unspecified atom stereocenters. The summed E-state index contributed by atoms with van der Waals surface area (Å²) < 4.78 is 0. The molecule has 0 spiro atoms. The van der Waals surface area contributed by atoms with Crippen LogP contribution in [-0.4, -0.2) is 0 Å². The Bertz CT molecular complexity index is 104. The summed E-state index contributed by atoms with van der Waals surface area (Å²) in [6, 6.07) is 0. The SMILES string of the molecule is [CH2]CCC(C)(C)CC(C)(C)C. The van der Waals surface area contributed by atoms with Crippen molar-refractivity contribution in [1.29, 1.82) is 0 Å². The van der Waals surface area contributed by atoms with Crippen LogP contribution in [0.1, 0.15) is 53.9 Å². The van der Waals surface area contributed by atoms with Crippen LogP contribution in [0.3, 0.4) is 0 Å². The summed E-state index contributed by atoms with van der Waals surface area (Å²) in [6.07, 6.45) is 3.59. The smallest absolute Gasteiger partial charge is 0.0349 e.